The van der Waals surface area contributed by atoms with Crippen LogP contribution in [-0.4, -0.2) is 32.4 Å². The van der Waals surface area contributed by atoms with E-state index in [1.165, 1.54) is 17.0 Å². The maximum Gasteiger partial charge on any atom is 0.270 e. The lowest BCUT2D eigenvalue weighted by molar-refractivity contribution is -0.384. The molecule has 1 heterocycles. The predicted octanol–water partition coefficient (Wildman–Crippen LogP) is 4.13. The number of non-ortho nitro benzene ring substituents is 1. The molecule has 28 heavy (non-hydrogen) atoms. The van der Waals surface area contributed by atoms with E-state index in [-0.39, 0.29) is 35.3 Å². The standard InChI is InChI=1S/C19H15ClN4O4/c1-2-10-23(19(25)15-9-8-14(24(26)27)11-16(15)20)12-17-21-18(22-28-17)13-6-4-3-5-7-13/h2-9,11H,1,10,12H2. The van der Waals surface area contributed by atoms with Crippen LogP contribution in [-0.2, 0) is 6.54 Å². The second-order valence-corrected chi connectivity index (χ2v) is 6.18. The molecule has 0 aliphatic rings. The van der Waals surface area contributed by atoms with Crippen molar-refractivity contribution in [1.82, 2.24) is 15.0 Å². The maximum absolute atomic E-state index is 12.9. The Morgan fingerprint density at radius 2 is 2.04 bits per heavy atom. The molecule has 0 atom stereocenters. The molecule has 0 unspecified atom stereocenters. The molecule has 3 rings (SSSR count). The van der Waals surface area contributed by atoms with Crippen LogP contribution in [0.5, 0.6) is 0 Å². The van der Waals surface area contributed by atoms with Gasteiger partial charge in [-0.3, -0.25) is 14.9 Å². The Balaban J connectivity index is 1.82. The minimum atomic E-state index is -0.578. The summed E-state index contributed by atoms with van der Waals surface area (Å²) in [4.78, 5) is 28.8. The molecule has 0 bridgehead atoms. The Morgan fingerprint density at radius 3 is 2.68 bits per heavy atom. The van der Waals surface area contributed by atoms with E-state index >= 15 is 0 Å². The number of nitro benzene ring substituents is 1. The van der Waals surface area contributed by atoms with Gasteiger partial charge in [-0.15, -0.1) is 6.58 Å². The van der Waals surface area contributed by atoms with E-state index in [9.17, 15) is 14.9 Å². The summed E-state index contributed by atoms with van der Waals surface area (Å²) < 4.78 is 5.25. The maximum atomic E-state index is 12.9. The van der Waals surface area contributed by atoms with Gasteiger partial charge in [0.1, 0.15) is 6.54 Å². The quantitative estimate of drug-likeness (QED) is 0.337. The van der Waals surface area contributed by atoms with Gasteiger partial charge in [0.25, 0.3) is 11.6 Å². The molecule has 1 aromatic heterocycles. The fourth-order valence-corrected chi connectivity index (χ4v) is 2.78. The van der Waals surface area contributed by atoms with E-state index in [0.717, 1.165) is 11.6 Å². The highest BCUT2D eigenvalue weighted by molar-refractivity contribution is 6.34. The lowest BCUT2D eigenvalue weighted by Crippen LogP contribution is -2.31. The molecule has 0 saturated carbocycles. The minimum Gasteiger partial charge on any atom is -0.337 e. The van der Waals surface area contributed by atoms with Gasteiger partial charge in [-0.05, 0) is 6.07 Å². The van der Waals surface area contributed by atoms with Crippen LogP contribution in [0.25, 0.3) is 11.4 Å². The van der Waals surface area contributed by atoms with Gasteiger partial charge in [-0.25, -0.2) is 0 Å². The molecular weight excluding hydrogens is 384 g/mol. The van der Waals surface area contributed by atoms with E-state index in [2.05, 4.69) is 16.7 Å². The molecule has 8 nitrogen and oxygen atoms in total. The third kappa shape index (κ3) is 4.24. The van der Waals surface area contributed by atoms with Crippen molar-refractivity contribution < 1.29 is 14.2 Å². The SMILES string of the molecule is C=CCN(Cc1nc(-c2ccccc2)no1)C(=O)c1ccc([N+](=O)[O-])cc1Cl. The van der Waals surface area contributed by atoms with Gasteiger partial charge < -0.3 is 9.42 Å². The van der Waals surface area contributed by atoms with Crippen LogP contribution >= 0.6 is 11.6 Å². The fourth-order valence-electron chi connectivity index (χ4n) is 2.52. The summed E-state index contributed by atoms with van der Waals surface area (Å²) >= 11 is 6.07. The summed E-state index contributed by atoms with van der Waals surface area (Å²) in [6.07, 6.45) is 1.55. The third-order valence-electron chi connectivity index (χ3n) is 3.86. The minimum absolute atomic E-state index is 0.0104. The van der Waals surface area contributed by atoms with Gasteiger partial charge in [0.2, 0.25) is 11.7 Å². The van der Waals surface area contributed by atoms with Gasteiger partial charge in [0.15, 0.2) is 0 Å². The van der Waals surface area contributed by atoms with Crippen molar-refractivity contribution in [2.24, 2.45) is 0 Å². The summed E-state index contributed by atoms with van der Waals surface area (Å²) in [7, 11) is 0. The smallest absolute Gasteiger partial charge is 0.270 e. The molecule has 2 aromatic carbocycles. The molecule has 0 fully saturated rings. The first-order valence-corrected chi connectivity index (χ1v) is 8.59. The van der Waals surface area contributed by atoms with Crippen molar-refractivity contribution in [3.8, 4) is 11.4 Å². The number of hydrogen-bond donors (Lipinski definition) is 0. The van der Waals surface area contributed by atoms with Crippen molar-refractivity contribution in [2.45, 2.75) is 6.54 Å². The summed E-state index contributed by atoms with van der Waals surface area (Å²) in [6.45, 7) is 3.89. The van der Waals surface area contributed by atoms with E-state index < -0.39 is 10.8 Å². The van der Waals surface area contributed by atoms with Crippen molar-refractivity contribution in [3.63, 3.8) is 0 Å². The summed E-state index contributed by atoms with van der Waals surface area (Å²) in [6, 6.07) is 13.0. The molecule has 0 aliphatic carbocycles. The molecule has 3 aromatic rings. The molecule has 1 amide bonds. The van der Waals surface area contributed by atoms with Crippen LogP contribution < -0.4 is 0 Å². The molecule has 142 valence electrons. The average molecular weight is 399 g/mol. The number of carbonyl (C=O) groups excluding carboxylic acids is 1. The lowest BCUT2D eigenvalue weighted by atomic mass is 10.1. The molecular formula is C19H15ClN4O4. The van der Waals surface area contributed by atoms with E-state index in [4.69, 9.17) is 16.1 Å². The van der Waals surface area contributed by atoms with Crippen LogP contribution in [0.3, 0.4) is 0 Å². The zero-order valence-corrected chi connectivity index (χ0v) is 15.4. The fraction of sp³-hybridized carbons (Fsp3) is 0.105. The average Bonchev–Trinajstić information content (AvgIpc) is 3.16. The Labute approximate surface area is 165 Å². The number of amides is 1. The number of nitro groups is 1. The molecule has 9 heteroatoms. The Morgan fingerprint density at radius 1 is 1.29 bits per heavy atom. The van der Waals surface area contributed by atoms with Gasteiger partial charge >= 0.3 is 0 Å². The van der Waals surface area contributed by atoms with Crippen molar-refractivity contribution >= 4 is 23.2 Å². The highest BCUT2D eigenvalue weighted by atomic mass is 35.5. The first kappa shape index (κ1) is 19.2. The molecule has 0 saturated heterocycles. The van der Waals surface area contributed by atoms with Gasteiger partial charge in [-0.2, -0.15) is 4.98 Å². The number of rotatable bonds is 7. The normalized spacial score (nSPS) is 10.5. The molecule has 0 radical (unpaired) electrons. The predicted molar refractivity (Wildman–Crippen MR) is 103 cm³/mol. The first-order chi connectivity index (χ1) is 13.5. The number of aromatic nitrogens is 2. The van der Waals surface area contributed by atoms with Crippen LogP contribution in [0.4, 0.5) is 5.69 Å². The highest BCUT2D eigenvalue weighted by Crippen LogP contribution is 2.24. The topological polar surface area (TPSA) is 102 Å². The molecule has 0 aliphatic heterocycles. The van der Waals surface area contributed by atoms with Gasteiger partial charge in [-0.1, -0.05) is 53.2 Å². The van der Waals surface area contributed by atoms with E-state index in [1.807, 2.05) is 30.3 Å². The van der Waals surface area contributed by atoms with Crippen molar-refractivity contribution in [1.29, 1.82) is 0 Å². The molecule has 0 N–H and O–H groups in total. The zero-order valence-electron chi connectivity index (χ0n) is 14.6. The number of carbonyl (C=O) groups is 1. The zero-order chi connectivity index (χ0) is 20.1. The van der Waals surface area contributed by atoms with Crippen molar-refractivity contribution in [3.05, 3.63) is 87.8 Å². The number of halogens is 1. The van der Waals surface area contributed by atoms with Crippen molar-refractivity contribution in [2.75, 3.05) is 6.54 Å². The largest absolute Gasteiger partial charge is 0.337 e. The van der Waals surface area contributed by atoms with Crippen LogP contribution in [0, 0.1) is 10.1 Å². The van der Waals surface area contributed by atoms with Crippen LogP contribution in [0.1, 0.15) is 16.2 Å². The van der Waals surface area contributed by atoms with Gasteiger partial charge in [0, 0.05) is 24.2 Å². The Hall–Kier alpha value is -3.52. The number of benzene rings is 2. The monoisotopic (exact) mass is 398 g/mol. The Kier molecular flexibility index (Phi) is 5.81. The lowest BCUT2D eigenvalue weighted by Gasteiger charge is -2.19. The Bertz CT molecular complexity index is 1020. The second kappa shape index (κ2) is 8.45. The third-order valence-corrected chi connectivity index (χ3v) is 4.17. The number of nitrogens with zero attached hydrogens (tertiary/aromatic N) is 4. The first-order valence-electron chi connectivity index (χ1n) is 8.21. The summed E-state index contributed by atoms with van der Waals surface area (Å²) in [5, 5.41) is 14.8. The summed E-state index contributed by atoms with van der Waals surface area (Å²) in [5.41, 5.74) is 0.732. The van der Waals surface area contributed by atoms with Gasteiger partial charge in [0.05, 0.1) is 15.5 Å². The van der Waals surface area contributed by atoms with Crippen LogP contribution in [0.2, 0.25) is 5.02 Å². The molecule has 0 spiro atoms. The van der Waals surface area contributed by atoms with E-state index in [1.54, 1.807) is 6.08 Å². The van der Waals surface area contributed by atoms with E-state index in [0.29, 0.717) is 5.82 Å². The second-order valence-electron chi connectivity index (χ2n) is 5.77. The number of hydrogen-bond acceptors (Lipinski definition) is 6. The van der Waals surface area contributed by atoms with Crippen LogP contribution in [0.15, 0.2) is 65.7 Å². The highest BCUT2D eigenvalue weighted by Gasteiger charge is 2.22. The summed E-state index contributed by atoms with van der Waals surface area (Å²) in [5.74, 6) is 0.223.